The second kappa shape index (κ2) is 7.58. The van der Waals surface area contributed by atoms with Crippen molar-refractivity contribution < 1.29 is 30.8 Å². The molecule has 0 aromatic rings. The van der Waals surface area contributed by atoms with E-state index < -0.39 is 17.8 Å². The van der Waals surface area contributed by atoms with E-state index in [1.807, 2.05) is 0 Å². The van der Waals surface area contributed by atoms with Crippen LogP contribution in [-0.4, -0.2) is 94.5 Å². The Morgan fingerprint density at radius 1 is 1.19 bits per heavy atom. The monoisotopic (exact) mass is 303 g/mol. The Balaban J connectivity index is 0.00000441. The molecule has 0 atom stereocenters. The van der Waals surface area contributed by atoms with Gasteiger partial charge >= 0.3 is 11.9 Å². The summed E-state index contributed by atoms with van der Waals surface area (Å²) in [5, 5.41) is 17.4. The molecular formula is C12H21N3O6. The largest absolute Gasteiger partial charge is 0.480 e. The van der Waals surface area contributed by atoms with E-state index in [1.54, 1.807) is 6.92 Å². The lowest BCUT2D eigenvalue weighted by Crippen LogP contribution is -2.55. The lowest BCUT2D eigenvalue weighted by molar-refractivity contribution is -0.150. The number of piperazine rings is 1. The van der Waals surface area contributed by atoms with Crippen molar-refractivity contribution in [2.45, 2.75) is 6.92 Å². The van der Waals surface area contributed by atoms with E-state index in [2.05, 4.69) is 0 Å². The molecule has 9 nitrogen and oxygen atoms in total. The van der Waals surface area contributed by atoms with Gasteiger partial charge in [0.15, 0.2) is 0 Å². The molecule has 21 heavy (non-hydrogen) atoms. The van der Waals surface area contributed by atoms with Gasteiger partial charge in [-0.05, 0) is 6.54 Å². The van der Waals surface area contributed by atoms with Gasteiger partial charge in [0.1, 0.15) is 6.54 Å². The van der Waals surface area contributed by atoms with Crippen molar-refractivity contribution in [1.29, 1.82) is 0 Å². The number of hydrogen-bond acceptors (Lipinski definition) is 5. The Kier molecular flexibility index (Phi) is 6.10. The van der Waals surface area contributed by atoms with Crippen molar-refractivity contribution in [3.63, 3.8) is 0 Å². The van der Waals surface area contributed by atoms with Crippen LogP contribution in [0.15, 0.2) is 0 Å². The van der Waals surface area contributed by atoms with Crippen LogP contribution >= 0.6 is 0 Å². The van der Waals surface area contributed by atoms with Crippen LogP contribution in [0, 0.1) is 0 Å². The third kappa shape index (κ3) is 5.38. The van der Waals surface area contributed by atoms with E-state index >= 15 is 0 Å². The standard InChI is InChI=1S/C12H19N3O6.H2/c1-2-13(7-11(18)19)5-9(16)14-3-4-15(8-12(20)21)10(17)6-14;/h2-8H2,1H3,(H,18,19)(H,20,21);1H. The smallest absolute Gasteiger partial charge is 0.323 e. The van der Waals surface area contributed by atoms with Gasteiger partial charge in [-0.3, -0.25) is 24.1 Å². The molecular weight excluding hydrogens is 282 g/mol. The number of carbonyl (C=O) groups is 4. The fourth-order valence-electron chi connectivity index (χ4n) is 2.01. The first kappa shape index (κ1) is 16.9. The van der Waals surface area contributed by atoms with Crippen LogP contribution in [0.5, 0.6) is 0 Å². The van der Waals surface area contributed by atoms with Crippen molar-refractivity contribution >= 4 is 23.8 Å². The highest BCUT2D eigenvalue weighted by molar-refractivity contribution is 5.88. The lowest BCUT2D eigenvalue weighted by Gasteiger charge is -2.34. The summed E-state index contributed by atoms with van der Waals surface area (Å²) < 4.78 is 0. The van der Waals surface area contributed by atoms with Crippen LogP contribution in [0.4, 0.5) is 0 Å². The molecule has 0 bridgehead atoms. The van der Waals surface area contributed by atoms with E-state index in [9.17, 15) is 19.2 Å². The molecule has 9 heteroatoms. The maximum absolute atomic E-state index is 12.0. The molecule has 1 heterocycles. The average Bonchev–Trinajstić information content (AvgIpc) is 2.39. The molecule has 0 unspecified atom stereocenters. The first-order valence-corrected chi connectivity index (χ1v) is 6.55. The molecule has 0 aromatic heterocycles. The molecule has 1 aliphatic rings. The number of hydrogen-bond donors (Lipinski definition) is 2. The quantitative estimate of drug-likeness (QED) is 0.581. The number of carboxylic acid groups (broad SMARTS) is 2. The summed E-state index contributed by atoms with van der Waals surface area (Å²) in [6, 6.07) is 0. The second-order valence-corrected chi connectivity index (χ2v) is 4.72. The van der Waals surface area contributed by atoms with Crippen molar-refractivity contribution in [2.75, 3.05) is 45.8 Å². The fourth-order valence-corrected chi connectivity index (χ4v) is 2.01. The summed E-state index contributed by atoms with van der Waals surface area (Å²) in [6.07, 6.45) is 0. The molecule has 120 valence electrons. The number of nitrogens with zero attached hydrogens (tertiary/aromatic N) is 3. The normalized spacial score (nSPS) is 15.4. The number of carboxylic acids is 2. The van der Waals surface area contributed by atoms with Gasteiger partial charge in [0.05, 0.1) is 19.6 Å². The second-order valence-electron chi connectivity index (χ2n) is 4.72. The number of amides is 2. The molecule has 1 fully saturated rings. The van der Waals surface area contributed by atoms with Crippen LogP contribution in [0.25, 0.3) is 0 Å². The minimum Gasteiger partial charge on any atom is -0.480 e. The van der Waals surface area contributed by atoms with Gasteiger partial charge < -0.3 is 20.0 Å². The SMILES string of the molecule is CCN(CC(=O)O)CC(=O)N1CCN(CC(=O)O)C(=O)C1.[HH]. The summed E-state index contributed by atoms with van der Waals surface area (Å²) in [7, 11) is 0. The zero-order chi connectivity index (χ0) is 16.0. The molecule has 0 aliphatic carbocycles. The summed E-state index contributed by atoms with van der Waals surface area (Å²) in [6.45, 7) is 1.71. The highest BCUT2D eigenvalue weighted by Gasteiger charge is 2.28. The van der Waals surface area contributed by atoms with Gasteiger partial charge in [-0.15, -0.1) is 0 Å². The first-order valence-electron chi connectivity index (χ1n) is 6.55. The molecule has 1 rings (SSSR count). The number of rotatable bonds is 7. The summed E-state index contributed by atoms with van der Waals surface area (Å²) >= 11 is 0. The Bertz CT molecular complexity index is 445. The molecule has 2 amide bonds. The molecule has 2 N–H and O–H groups in total. The van der Waals surface area contributed by atoms with Crippen LogP contribution in [-0.2, 0) is 19.2 Å². The van der Waals surface area contributed by atoms with Crippen molar-refractivity contribution in [3.05, 3.63) is 0 Å². The minimum atomic E-state index is -1.10. The molecule has 0 radical (unpaired) electrons. The fraction of sp³-hybridized carbons (Fsp3) is 0.667. The van der Waals surface area contributed by atoms with E-state index in [0.29, 0.717) is 6.54 Å². The topological polar surface area (TPSA) is 118 Å². The molecule has 0 saturated carbocycles. The molecule has 0 spiro atoms. The highest BCUT2D eigenvalue weighted by atomic mass is 16.4. The average molecular weight is 303 g/mol. The maximum atomic E-state index is 12.0. The van der Waals surface area contributed by atoms with Crippen LogP contribution in [0.3, 0.4) is 0 Å². The van der Waals surface area contributed by atoms with Gasteiger partial charge in [-0.2, -0.15) is 0 Å². The number of carbonyl (C=O) groups excluding carboxylic acids is 2. The zero-order valence-electron chi connectivity index (χ0n) is 11.8. The Morgan fingerprint density at radius 2 is 1.86 bits per heavy atom. The molecule has 1 saturated heterocycles. The third-order valence-corrected chi connectivity index (χ3v) is 3.16. The molecule has 1 aliphatic heterocycles. The zero-order valence-corrected chi connectivity index (χ0v) is 11.8. The first-order chi connectivity index (χ1) is 9.83. The third-order valence-electron chi connectivity index (χ3n) is 3.16. The van der Waals surface area contributed by atoms with Gasteiger partial charge in [-0.25, -0.2) is 0 Å². The van der Waals surface area contributed by atoms with Gasteiger partial charge in [-0.1, -0.05) is 6.92 Å². The van der Waals surface area contributed by atoms with Gasteiger partial charge in [0.2, 0.25) is 11.8 Å². The van der Waals surface area contributed by atoms with Crippen LogP contribution in [0.2, 0.25) is 0 Å². The Labute approximate surface area is 123 Å². The Morgan fingerprint density at radius 3 is 2.33 bits per heavy atom. The summed E-state index contributed by atoms with van der Waals surface area (Å²) in [5.74, 6) is -2.87. The van der Waals surface area contributed by atoms with E-state index in [-0.39, 0.29) is 46.6 Å². The van der Waals surface area contributed by atoms with Crippen molar-refractivity contribution in [2.24, 2.45) is 0 Å². The van der Waals surface area contributed by atoms with E-state index in [1.165, 1.54) is 14.7 Å². The van der Waals surface area contributed by atoms with Crippen LogP contribution in [0.1, 0.15) is 8.35 Å². The highest BCUT2D eigenvalue weighted by Crippen LogP contribution is 2.04. The predicted octanol–water partition coefficient (Wildman–Crippen LogP) is -1.61. The molecule has 0 aromatic carbocycles. The van der Waals surface area contributed by atoms with Crippen molar-refractivity contribution in [3.8, 4) is 0 Å². The van der Waals surface area contributed by atoms with E-state index in [0.717, 1.165) is 0 Å². The number of likely N-dealkylation sites (N-methyl/N-ethyl adjacent to an activating group) is 1. The van der Waals surface area contributed by atoms with Gasteiger partial charge in [0.25, 0.3) is 0 Å². The lowest BCUT2D eigenvalue weighted by atomic mass is 10.3. The predicted molar refractivity (Wildman–Crippen MR) is 72.7 cm³/mol. The van der Waals surface area contributed by atoms with Crippen LogP contribution < -0.4 is 0 Å². The van der Waals surface area contributed by atoms with Gasteiger partial charge in [0, 0.05) is 14.5 Å². The minimum absolute atomic E-state index is 0. The van der Waals surface area contributed by atoms with E-state index in [4.69, 9.17) is 10.2 Å². The van der Waals surface area contributed by atoms with Crippen molar-refractivity contribution in [1.82, 2.24) is 14.7 Å². The Hall–Kier alpha value is -2.16. The summed E-state index contributed by atoms with van der Waals surface area (Å²) in [5.41, 5.74) is 0. The number of aliphatic carboxylic acids is 2. The maximum Gasteiger partial charge on any atom is 0.323 e. The summed E-state index contributed by atoms with van der Waals surface area (Å²) in [4.78, 5) is 48.9.